The molecule has 1 N–H and O–H groups in total. The zero-order valence-electron chi connectivity index (χ0n) is 16.0. The molecular formula is C21H26N2O4. The zero-order valence-corrected chi connectivity index (χ0v) is 16.0. The minimum atomic E-state index is -0.470. The number of nitrogens with zero attached hydrogens (tertiary/aromatic N) is 1. The van der Waals surface area contributed by atoms with Crippen molar-refractivity contribution in [1.82, 2.24) is 10.2 Å². The minimum Gasteiger partial charge on any atom is -0.496 e. The highest BCUT2D eigenvalue weighted by molar-refractivity contribution is 5.89. The molecule has 0 spiro atoms. The van der Waals surface area contributed by atoms with Crippen LogP contribution in [-0.4, -0.2) is 56.2 Å². The summed E-state index contributed by atoms with van der Waals surface area (Å²) in [5.74, 6) is 0.572. The first-order chi connectivity index (χ1) is 13.0. The van der Waals surface area contributed by atoms with Crippen LogP contribution in [0.5, 0.6) is 5.75 Å². The first kappa shape index (κ1) is 19.2. The molecule has 1 aliphatic heterocycles. The van der Waals surface area contributed by atoms with Gasteiger partial charge in [-0.15, -0.1) is 0 Å². The van der Waals surface area contributed by atoms with E-state index in [9.17, 15) is 9.59 Å². The summed E-state index contributed by atoms with van der Waals surface area (Å²) in [5.41, 5.74) is 1.07. The Balaban J connectivity index is 1.68. The molecule has 2 aromatic carbocycles. The SMILES string of the molecule is COc1ccc2ccccc2c1CCNC(=O)[C@H]1C[C@H](OC)CN1C(C)=O. The quantitative estimate of drug-likeness (QED) is 0.846. The van der Waals surface area contributed by atoms with E-state index in [0.717, 1.165) is 22.1 Å². The Kier molecular flexibility index (Phi) is 5.96. The number of carbonyl (C=O) groups is 2. The van der Waals surface area contributed by atoms with E-state index in [1.807, 2.05) is 24.3 Å². The number of likely N-dealkylation sites (tertiary alicyclic amines) is 1. The highest BCUT2D eigenvalue weighted by atomic mass is 16.5. The third-order valence-corrected chi connectivity index (χ3v) is 5.19. The predicted octanol–water partition coefficient (Wildman–Crippen LogP) is 2.14. The monoisotopic (exact) mass is 370 g/mol. The van der Waals surface area contributed by atoms with Crippen LogP contribution in [0.3, 0.4) is 0 Å². The molecule has 2 amide bonds. The van der Waals surface area contributed by atoms with Crippen molar-refractivity contribution in [2.45, 2.75) is 31.9 Å². The van der Waals surface area contributed by atoms with Gasteiger partial charge in [-0.25, -0.2) is 0 Å². The molecule has 2 aromatic rings. The Morgan fingerprint density at radius 3 is 2.67 bits per heavy atom. The Bertz CT molecular complexity index is 836. The fraction of sp³-hybridized carbons (Fsp3) is 0.429. The number of ether oxygens (including phenoxy) is 2. The summed E-state index contributed by atoms with van der Waals surface area (Å²) in [4.78, 5) is 26.0. The number of carbonyl (C=O) groups excluding carboxylic acids is 2. The van der Waals surface area contributed by atoms with Gasteiger partial charge in [0.05, 0.1) is 13.2 Å². The summed E-state index contributed by atoms with van der Waals surface area (Å²) < 4.78 is 10.8. The molecule has 1 heterocycles. The first-order valence-electron chi connectivity index (χ1n) is 9.17. The molecule has 0 aliphatic carbocycles. The summed E-state index contributed by atoms with van der Waals surface area (Å²) >= 11 is 0. The van der Waals surface area contributed by atoms with Gasteiger partial charge in [0.1, 0.15) is 11.8 Å². The Labute approximate surface area is 159 Å². The van der Waals surface area contributed by atoms with Gasteiger partial charge >= 0.3 is 0 Å². The van der Waals surface area contributed by atoms with Gasteiger partial charge in [-0.2, -0.15) is 0 Å². The summed E-state index contributed by atoms with van der Waals surface area (Å²) in [6, 6.07) is 11.6. The van der Waals surface area contributed by atoms with Crippen molar-refractivity contribution in [2.24, 2.45) is 0 Å². The first-order valence-corrected chi connectivity index (χ1v) is 9.17. The van der Waals surface area contributed by atoms with Crippen LogP contribution in [0.25, 0.3) is 10.8 Å². The van der Waals surface area contributed by atoms with Crippen molar-refractivity contribution in [3.05, 3.63) is 42.0 Å². The number of nitrogens with one attached hydrogen (secondary N) is 1. The molecule has 1 saturated heterocycles. The lowest BCUT2D eigenvalue weighted by atomic mass is 10.0. The van der Waals surface area contributed by atoms with Crippen LogP contribution in [0.2, 0.25) is 0 Å². The summed E-state index contributed by atoms with van der Waals surface area (Å²) in [7, 11) is 3.26. The standard InChI is InChI=1S/C21H26N2O4/c1-14(24)23-13-16(26-2)12-19(23)21(25)22-11-10-18-17-7-5-4-6-15(17)8-9-20(18)27-3/h4-9,16,19H,10-13H2,1-3H3,(H,22,25)/t16-,19+/m0/s1. The molecule has 0 radical (unpaired) electrons. The largest absolute Gasteiger partial charge is 0.496 e. The van der Waals surface area contributed by atoms with E-state index in [4.69, 9.17) is 9.47 Å². The number of hydrogen-bond acceptors (Lipinski definition) is 4. The molecule has 0 bridgehead atoms. The molecule has 6 nitrogen and oxygen atoms in total. The molecule has 144 valence electrons. The van der Waals surface area contributed by atoms with E-state index in [2.05, 4.69) is 17.4 Å². The van der Waals surface area contributed by atoms with Gasteiger partial charge < -0.3 is 19.7 Å². The lowest BCUT2D eigenvalue weighted by Gasteiger charge is -2.22. The average Bonchev–Trinajstić information content (AvgIpc) is 3.13. The van der Waals surface area contributed by atoms with E-state index in [1.165, 1.54) is 6.92 Å². The van der Waals surface area contributed by atoms with Gasteiger partial charge in [-0.05, 0) is 23.3 Å². The van der Waals surface area contributed by atoms with Crippen LogP contribution in [0.15, 0.2) is 36.4 Å². The van der Waals surface area contributed by atoms with Crippen LogP contribution in [0.1, 0.15) is 18.9 Å². The maximum Gasteiger partial charge on any atom is 0.242 e. The van der Waals surface area contributed by atoms with Crippen molar-refractivity contribution in [3.8, 4) is 5.75 Å². The minimum absolute atomic E-state index is 0.0946. The van der Waals surface area contributed by atoms with Crippen LogP contribution in [0, 0.1) is 0 Å². The number of rotatable bonds is 6. The van der Waals surface area contributed by atoms with Crippen molar-refractivity contribution in [3.63, 3.8) is 0 Å². The highest BCUT2D eigenvalue weighted by Gasteiger charge is 2.38. The summed E-state index contributed by atoms with van der Waals surface area (Å²) in [6.07, 6.45) is 1.08. The predicted molar refractivity (Wildman–Crippen MR) is 104 cm³/mol. The van der Waals surface area contributed by atoms with Gasteiger partial charge in [0.2, 0.25) is 11.8 Å². The van der Waals surface area contributed by atoms with E-state index < -0.39 is 6.04 Å². The van der Waals surface area contributed by atoms with E-state index >= 15 is 0 Å². The fourth-order valence-corrected chi connectivity index (χ4v) is 3.76. The fourth-order valence-electron chi connectivity index (χ4n) is 3.76. The maximum absolute atomic E-state index is 12.6. The molecule has 27 heavy (non-hydrogen) atoms. The van der Waals surface area contributed by atoms with Crippen LogP contribution in [-0.2, 0) is 20.7 Å². The van der Waals surface area contributed by atoms with E-state index in [-0.39, 0.29) is 17.9 Å². The molecule has 2 atom stereocenters. The molecule has 6 heteroatoms. The maximum atomic E-state index is 12.6. The molecule has 0 saturated carbocycles. The smallest absolute Gasteiger partial charge is 0.242 e. The lowest BCUT2D eigenvalue weighted by Crippen LogP contribution is -2.45. The van der Waals surface area contributed by atoms with E-state index in [0.29, 0.717) is 25.9 Å². The molecule has 1 fully saturated rings. The van der Waals surface area contributed by atoms with Gasteiger partial charge in [-0.3, -0.25) is 9.59 Å². The van der Waals surface area contributed by atoms with Crippen LogP contribution in [0.4, 0.5) is 0 Å². The van der Waals surface area contributed by atoms with Crippen LogP contribution < -0.4 is 10.1 Å². The van der Waals surface area contributed by atoms with Crippen molar-refractivity contribution in [1.29, 1.82) is 0 Å². The lowest BCUT2D eigenvalue weighted by molar-refractivity contribution is -0.136. The normalized spacial score (nSPS) is 19.3. The number of amides is 2. The summed E-state index contributed by atoms with van der Waals surface area (Å²) in [5, 5.41) is 5.24. The number of methoxy groups -OCH3 is 2. The number of benzene rings is 2. The van der Waals surface area contributed by atoms with Crippen molar-refractivity contribution < 1.29 is 19.1 Å². The van der Waals surface area contributed by atoms with Crippen molar-refractivity contribution >= 4 is 22.6 Å². The Morgan fingerprint density at radius 1 is 1.19 bits per heavy atom. The number of hydrogen-bond donors (Lipinski definition) is 1. The Morgan fingerprint density at radius 2 is 1.96 bits per heavy atom. The topological polar surface area (TPSA) is 67.9 Å². The molecule has 3 rings (SSSR count). The third kappa shape index (κ3) is 4.06. The van der Waals surface area contributed by atoms with Crippen LogP contribution >= 0.6 is 0 Å². The Hall–Kier alpha value is -2.60. The van der Waals surface area contributed by atoms with Gasteiger partial charge in [0, 0.05) is 39.1 Å². The van der Waals surface area contributed by atoms with Gasteiger partial charge in [0.15, 0.2) is 0 Å². The highest BCUT2D eigenvalue weighted by Crippen LogP contribution is 2.28. The second-order valence-corrected chi connectivity index (χ2v) is 6.79. The van der Waals surface area contributed by atoms with E-state index in [1.54, 1.807) is 19.1 Å². The third-order valence-electron chi connectivity index (χ3n) is 5.19. The number of fused-ring (bicyclic) bond motifs is 1. The summed E-state index contributed by atoms with van der Waals surface area (Å²) in [6.45, 7) is 2.42. The van der Waals surface area contributed by atoms with Gasteiger partial charge in [-0.1, -0.05) is 30.3 Å². The van der Waals surface area contributed by atoms with Gasteiger partial charge in [0.25, 0.3) is 0 Å². The molecule has 0 unspecified atom stereocenters. The zero-order chi connectivity index (χ0) is 19.4. The molecule has 1 aliphatic rings. The van der Waals surface area contributed by atoms with Crippen molar-refractivity contribution in [2.75, 3.05) is 27.3 Å². The average molecular weight is 370 g/mol. The second-order valence-electron chi connectivity index (χ2n) is 6.79. The second kappa shape index (κ2) is 8.39. The molecular weight excluding hydrogens is 344 g/mol. The molecule has 0 aromatic heterocycles.